The van der Waals surface area contributed by atoms with Crippen LogP contribution in [0.4, 0.5) is 0 Å². The predicted octanol–water partition coefficient (Wildman–Crippen LogP) is 4.43. The van der Waals surface area contributed by atoms with E-state index in [1.807, 2.05) is 19.9 Å². The van der Waals surface area contributed by atoms with E-state index >= 15 is 0 Å². The Labute approximate surface area is 167 Å². The average Bonchev–Trinajstić information content (AvgIpc) is 2.89. The van der Waals surface area contributed by atoms with Crippen LogP contribution in [-0.2, 0) is 19.1 Å². The quantitative estimate of drug-likeness (QED) is 0.628. The first-order valence-electron chi connectivity index (χ1n) is 10.5. The Balaban J connectivity index is 1.91. The topological polar surface area (TPSA) is 60.4 Å². The Morgan fingerprint density at radius 3 is 2.43 bits per heavy atom. The van der Waals surface area contributed by atoms with Gasteiger partial charge in [-0.2, -0.15) is 0 Å². The second-order valence-corrected chi connectivity index (χ2v) is 10.8. The molecule has 0 spiro atoms. The van der Waals surface area contributed by atoms with Crippen molar-refractivity contribution in [2.75, 3.05) is 0 Å². The van der Waals surface area contributed by atoms with Gasteiger partial charge in [0.15, 0.2) is 11.6 Å². The first-order valence-corrected chi connectivity index (χ1v) is 10.5. The Morgan fingerprint density at radius 2 is 1.79 bits per heavy atom. The standard InChI is InChI=1S/C24H32O4/c1-14(25)28-20-12-17-21(2,3)19(27)8-10-23(17,5)16-7-9-22(4)13-15(26)11-18(22)24(16,20)6/h8,10-11,16-17,20H,7,9,12-13H2,1-6H3/t16-,17+,20-,22+,23-,24-/m1/s1. The average molecular weight is 385 g/mol. The molecule has 0 aromatic rings. The van der Waals surface area contributed by atoms with Crippen LogP contribution in [0.1, 0.15) is 67.2 Å². The molecule has 2 fully saturated rings. The summed E-state index contributed by atoms with van der Waals surface area (Å²) in [5, 5.41) is 0. The summed E-state index contributed by atoms with van der Waals surface area (Å²) in [7, 11) is 0. The maximum Gasteiger partial charge on any atom is 0.302 e. The Kier molecular flexibility index (Phi) is 3.97. The minimum Gasteiger partial charge on any atom is -0.462 e. The second-order valence-electron chi connectivity index (χ2n) is 10.8. The van der Waals surface area contributed by atoms with Gasteiger partial charge in [0, 0.05) is 24.2 Å². The van der Waals surface area contributed by atoms with E-state index in [0.29, 0.717) is 12.8 Å². The van der Waals surface area contributed by atoms with Gasteiger partial charge in [0.2, 0.25) is 0 Å². The molecule has 0 aliphatic heterocycles. The van der Waals surface area contributed by atoms with Crippen molar-refractivity contribution in [3.8, 4) is 0 Å². The molecule has 2 saturated carbocycles. The molecule has 0 aromatic heterocycles. The highest BCUT2D eigenvalue weighted by atomic mass is 16.5. The lowest BCUT2D eigenvalue weighted by atomic mass is 9.39. The highest BCUT2D eigenvalue weighted by Gasteiger charge is 2.67. The molecule has 4 rings (SSSR count). The molecule has 6 atom stereocenters. The molecule has 4 nitrogen and oxygen atoms in total. The van der Waals surface area contributed by atoms with Crippen LogP contribution >= 0.6 is 0 Å². The lowest BCUT2D eigenvalue weighted by Crippen LogP contribution is -2.64. The molecule has 0 bridgehead atoms. The van der Waals surface area contributed by atoms with E-state index in [9.17, 15) is 14.4 Å². The number of carbonyl (C=O) groups is 3. The highest BCUT2D eigenvalue weighted by Crippen LogP contribution is 2.70. The van der Waals surface area contributed by atoms with Crippen LogP contribution in [0.15, 0.2) is 23.8 Å². The molecule has 0 heterocycles. The summed E-state index contributed by atoms with van der Waals surface area (Å²) in [6, 6.07) is 0. The van der Waals surface area contributed by atoms with Crippen molar-refractivity contribution in [2.45, 2.75) is 73.3 Å². The van der Waals surface area contributed by atoms with Crippen molar-refractivity contribution in [1.29, 1.82) is 0 Å². The summed E-state index contributed by atoms with van der Waals surface area (Å²) < 4.78 is 5.95. The largest absolute Gasteiger partial charge is 0.462 e. The Morgan fingerprint density at radius 1 is 1.11 bits per heavy atom. The number of fused-ring (bicyclic) bond motifs is 5. The zero-order chi connectivity index (χ0) is 20.7. The van der Waals surface area contributed by atoms with E-state index in [4.69, 9.17) is 4.74 Å². The molecule has 0 N–H and O–H groups in total. The molecular weight excluding hydrogens is 352 g/mol. The highest BCUT2D eigenvalue weighted by molar-refractivity contribution is 5.96. The molecule has 4 aliphatic carbocycles. The van der Waals surface area contributed by atoms with E-state index in [-0.39, 0.29) is 46.3 Å². The summed E-state index contributed by atoms with van der Waals surface area (Å²) in [6.07, 6.45) is 8.55. The summed E-state index contributed by atoms with van der Waals surface area (Å²) in [4.78, 5) is 37.2. The molecule has 0 radical (unpaired) electrons. The molecule has 0 unspecified atom stereocenters. The third kappa shape index (κ3) is 2.32. The van der Waals surface area contributed by atoms with Gasteiger partial charge < -0.3 is 4.74 Å². The van der Waals surface area contributed by atoms with Crippen molar-refractivity contribution in [2.24, 2.45) is 33.5 Å². The van der Waals surface area contributed by atoms with Crippen LogP contribution in [0.2, 0.25) is 0 Å². The lowest BCUT2D eigenvalue weighted by Gasteiger charge is -2.65. The third-order valence-electron chi connectivity index (χ3n) is 8.84. The zero-order valence-corrected chi connectivity index (χ0v) is 17.9. The molecule has 4 heteroatoms. The number of rotatable bonds is 1. The minimum atomic E-state index is -0.496. The first-order chi connectivity index (χ1) is 12.9. The van der Waals surface area contributed by atoms with Gasteiger partial charge >= 0.3 is 5.97 Å². The molecule has 0 amide bonds. The molecule has 28 heavy (non-hydrogen) atoms. The van der Waals surface area contributed by atoms with Crippen molar-refractivity contribution in [3.05, 3.63) is 23.8 Å². The van der Waals surface area contributed by atoms with Crippen LogP contribution in [-0.4, -0.2) is 23.6 Å². The van der Waals surface area contributed by atoms with Crippen LogP contribution < -0.4 is 0 Å². The number of allylic oxidation sites excluding steroid dienone is 3. The van der Waals surface area contributed by atoms with Crippen molar-refractivity contribution in [3.63, 3.8) is 0 Å². The van der Waals surface area contributed by atoms with Crippen molar-refractivity contribution < 1.29 is 19.1 Å². The monoisotopic (exact) mass is 384 g/mol. The summed E-state index contributed by atoms with van der Waals surface area (Å²) in [5.74, 6) is 0.360. The van der Waals surface area contributed by atoms with Gasteiger partial charge in [0.05, 0.1) is 0 Å². The molecule has 152 valence electrons. The first kappa shape index (κ1) is 19.6. The maximum atomic E-state index is 12.7. The lowest BCUT2D eigenvalue weighted by molar-refractivity contribution is -0.186. The summed E-state index contributed by atoms with van der Waals surface area (Å²) >= 11 is 0. The second kappa shape index (κ2) is 5.67. The zero-order valence-electron chi connectivity index (χ0n) is 17.9. The normalized spacial score (nSPS) is 46.4. The number of ether oxygens (including phenoxy) is 1. The van der Waals surface area contributed by atoms with Crippen molar-refractivity contribution in [1.82, 2.24) is 0 Å². The van der Waals surface area contributed by atoms with Crippen LogP contribution in [0, 0.1) is 33.5 Å². The number of carbonyl (C=O) groups excluding carboxylic acids is 3. The summed E-state index contributed by atoms with van der Waals surface area (Å²) in [5.41, 5.74) is -0.0411. The Hall–Kier alpha value is -1.71. The fraction of sp³-hybridized carbons (Fsp3) is 0.708. The van der Waals surface area contributed by atoms with Gasteiger partial charge in [-0.05, 0) is 54.1 Å². The number of esters is 1. The van der Waals surface area contributed by atoms with Gasteiger partial charge in [-0.25, -0.2) is 0 Å². The van der Waals surface area contributed by atoms with Crippen LogP contribution in [0.3, 0.4) is 0 Å². The van der Waals surface area contributed by atoms with Gasteiger partial charge in [-0.15, -0.1) is 0 Å². The van der Waals surface area contributed by atoms with Crippen LogP contribution in [0.25, 0.3) is 0 Å². The third-order valence-corrected chi connectivity index (χ3v) is 8.84. The molecule has 0 aromatic carbocycles. The fourth-order valence-corrected chi connectivity index (χ4v) is 7.47. The molecule has 0 saturated heterocycles. The van der Waals surface area contributed by atoms with Crippen LogP contribution in [0.5, 0.6) is 0 Å². The maximum absolute atomic E-state index is 12.7. The summed E-state index contributed by atoms with van der Waals surface area (Å²) in [6.45, 7) is 12.2. The van der Waals surface area contributed by atoms with E-state index < -0.39 is 10.8 Å². The predicted molar refractivity (Wildman–Crippen MR) is 106 cm³/mol. The SMILES string of the molecule is CC(=O)O[C@@H]1C[C@H]2C(C)(C)C(=O)C=C[C@]2(C)[C@H]2CC[C@@]3(C)CC(=O)C=C3[C@@]21C. The number of ketones is 2. The van der Waals surface area contributed by atoms with E-state index in [1.54, 1.807) is 6.08 Å². The van der Waals surface area contributed by atoms with Gasteiger partial charge in [-0.3, -0.25) is 14.4 Å². The van der Waals surface area contributed by atoms with E-state index in [2.05, 4.69) is 26.8 Å². The molecule has 4 aliphatic rings. The smallest absolute Gasteiger partial charge is 0.302 e. The van der Waals surface area contributed by atoms with Gasteiger partial charge in [0.1, 0.15) is 6.10 Å². The van der Waals surface area contributed by atoms with E-state index in [0.717, 1.165) is 18.4 Å². The fourth-order valence-electron chi connectivity index (χ4n) is 7.47. The number of hydrogen-bond acceptors (Lipinski definition) is 4. The van der Waals surface area contributed by atoms with Gasteiger partial charge in [-0.1, -0.05) is 46.3 Å². The van der Waals surface area contributed by atoms with E-state index in [1.165, 1.54) is 6.92 Å². The Bertz CT molecular complexity index is 834. The number of hydrogen-bond donors (Lipinski definition) is 0. The molecular formula is C24H32O4. The minimum absolute atomic E-state index is 0.0991. The van der Waals surface area contributed by atoms with Crippen molar-refractivity contribution >= 4 is 17.5 Å². The van der Waals surface area contributed by atoms with Gasteiger partial charge in [0.25, 0.3) is 0 Å².